The van der Waals surface area contributed by atoms with Gasteiger partial charge < -0.3 is 15.5 Å². The lowest BCUT2D eigenvalue weighted by molar-refractivity contribution is 0.258. The van der Waals surface area contributed by atoms with E-state index < -0.39 is 6.23 Å². The van der Waals surface area contributed by atoms with Gasteiger partial charge in [-0.3, -0.25) is 16.5 Å². The fourth-order valence-corrected chi connectivity index (χ4v) is 1.45. The van der Waals surface area contributed by atoms with Gasteiger partial charge in [-0.25, -0.2) is 4.98 Å². The van der Waals surface area contributed by atoms with E-state index in [4.69, 9.17) is 21.6 Å². The van der Waals surface area contributed by atoms with Crippen LogP contribution >= 0.6 is 0 Å². The normalized spacial score (nSPS) is 12.1. The molecule has 0 bridgehead atoms. The first-order valence-corrected chi connectivity index (χ1v) is 5.24. The van der Waals surface area contributed by atoms with E-state index in [1.165, 1.54) is 6.08 Å². The Kier molecular flexibility index (Phi) is 3.16. The minimum atomic E-state index is -0.559. The van der Waals surface area contributed by atoms with Gasteiger partial charge in [-0.1, -0.05) is 6.58 Å². The van der Waals surface area contributed by atoms with E-state index in [1.807, 2.05) is 0 Å². The molecule has 0 spiro atoms. The van der Waals surface area contributed by atoms with E-state index in [0.717, 1.165) is 5.52 Å². The molecule has 7 heteroatoms. The molecule has 1 unspecified atom stereocenters. The summed E-state index contributed by atoms with van der Waals surface area (Å²) in [7, 11) is 0. The SMILES string of the molecule is C=CC(N)Oc1ccc2[nH]c(NC(=N)N)nc2c1. The second-order valence-corrected chi connectivity index (χ2v) is 3.62. The van der Waals surface area contributed by atoms with Crippen LogP contribution in [0.3, 0.4) is 0 Å². The van der Waals surface area contributed by atoms with Crippen molar-refractivity contribution in [3.63, 3.8) is 0 Å². The van der Waals surface area contributed by atoms with Gasteiger partial charge in [0.1, 0.15) is 5.75 Å². The van der Waals surface area contributed by atoms with Crippen molar-refractivity contribution in [3.05, 3.63) is 30.9 Å². The number of anilines is 1. The van der Waals surface area contributed by atoms with E-state index >= 15 is 0 Å². The highest BCUT2D eigenvalue weighted by molar-refractivity contribution is 5.90. The molecule has 0 aliphatic carbocycles. The Labute approximate surface area is 103 Å². The Bertz CT molecular complexity index is 590. The van der Waals surface area contributed by atoms with Crippen molar-refractivity contribution in [2.75, 3.05) is 5.32 Å². The van der Waals surface area contributed by atoms with Crippen molar-refractivity contribution < 1.29 is 4.74 Å². The molecule has 0 saturated carbocycles. The quantitative estimate of drug-likeness (QED) is 0.235. The molecule has 1 aromatic heterocycles. The molecular formula is C11H14N6O. The highest BCUT2D eigenvalue weighted by Crippen LogP contribution is 2.21. The molecule has 0 radical (unpaired) electrons. The molecule has 2 aromatic rings. The lowest BCUT2D eigenvalue weighted by Crippen LogP contribution is -2.23. The van der Waals surface area contributed by atoms with E-state index in [9.17, 15) is 0 Å². The zero-order chi connectivity index (χ0) is 13.1. The van der Waals surface area contributed by atoms with Gasteiger partial charge in [-0.2, -0.15) is 0 Å². The van der Waals surface area contributed by atoms with Gasteiger partial charge in [-0.05, 0) is 18.2 Å². The molecule has 18 heavy (non-hydrogen) atoms. The number of hydrogen-bond donors (Lipinski definition) is 5. The predicted molar refractivity (Wildman–Crippen MR) is 70.4 cm³/mol. The Balaban J connectivity index is 2.27. The van der Waals surface area contributed by atoms with Gasteiger partial charge >= 0.3 is 0 Å². The molecule has 0 aliphatic heterocycles. The van der Waals surface area contributed by atoms with E-state index in [1.54, 1.807) is 18.2 Å². The molecule has 0 amide bonds. The molecule has 1 heterocycles. The number of aromatic nitrogens is 2. The zero-order valence-electron chi connectivity index (χ0n) is 9.60. The molecule has 0 aliphatic rings. The lowest BCUT2D eigenvalue weighted by Gasteiger charge is -2.09. The monoisotopic (exact) mass is 246 g/mol. The maximum absolute atomic E-state index is 7.12. The average Bonchev–Trinajstić information content (AvgIpc) is 2.69. The second-order valence-electron chi connectivity index (χ2n) is 3.62. The molecule has 94 valence electrons. The number of imidazole rings is 1. The third kappa shape index (κ3) is 2.58. The number of fused-ring (bicyclic) bond motifs is 1. The maximum Gasteiger partial charge on any atom is 0.208 e. The fourth-order valence-electron chi connectivity index (χ4n) is 1.45. The maximum atomic E-state index is 7.12. The molecule has 0 fully saturated rings. The Morgan fingerprint density at radius 2 is 2.39 bits per heavy atom. The number of rotatable bonds is 4. The van der Waals surface area contributed by atoms with Gasteiger partial charge in [0, 0.05) is 6.07 Å². The summed E-state index contributed by atoms with van der Waals surface area (Å²) in [5, 5.41) is 9.70. The Morgan fingerprint density at radius 1 is 1.61 bits per heavy atom. The average molecular weight is 246 g/mol. The summed E-state index contributed by atoms with van der Waals surface area (Å²) >= 11 is 0. The van der Waals surface area contributed by atoms with E-state index in [-0.39, 0.29) is 5.96 Å². The summed E-state index contributed by atoms with van der Waals surface area (Å²) in [4.78, 5) is 7.18. The van der Waals surface area contributed by atoms with Crippen molar-refractivity contribution in [2.45, 2.75) is 6.23 Å². The highest BCUT2D eigenvalue weighted by atomic mass is 16.5. The van der Waals surface area contributed by atoms with Crippen molar-refractivity contribution in [1.82, 2.24) is 9.97 Å². The van der Waals surface area contributed by atoms with Crippen LogP contribution in [0.2, 0.25) is 0 Å². The summed E-state index contributed by atoms with van der Waals surface area (Å²) in [5.41, 5.74) is 12.3. The molecule has 1 aromatic carbocycles. The molecule has 1 atom stereocenters. The highest BCUT2D eigenvalue weighted by Gasteiger charge is 2.06. The van der Waals surface area contributed by atoms with Gasteiger partial charge in [0.05, 0.1) is 11.0 Å². The molecule has 7 N–H and O–H groups in total. The first-order chi connectivity index (χ1) is 8.58. The van der Waals surface area contributed by atoms with Crippen LogP contribution in [0, 0.1) is 5.41 Å². The third-order valence-corrected chi connectivity index (χ3v) is 2.21. The minimum Gasteiger partial charge on any atom is -0.472 e. The minimum absolute atomic E-state index is 0.181. The summed E-state index contributed by atoms with van der Waals surface area (Å²) in [6, 6.07) is 5.31. The van der Waals surface area contributed by atoms with Crippen LogP contribution in [0.5, 0.6) is 5.75 Å². The summed E-state index contributed by atoms with van der Waals surface area (Å²) in [6.45, 7) is 3.54. The Morgan fingerprint density at radius 3 is 3.06 bits per heavy atom. The van der Waals surface area contributed by atoms with E-state index in [0.29, 0.717) is 17.2 Å². The van der Waals surface area contributed by atoms with Crippen molar-refractivity contribution in [1.29, 1.82) is 5.41 Å². The number of ether oxygens (including phenoxy) is 1. The van der Waals surface area contributed by atoms with Gasteiger partial charge in [0.15, 0.2) is 12.2 Å². The molecule has 0 saturated heterocycles. The van der Waals surface area contributed by atoms with Crippen LogP contribution in [-0.2, 0) is 0 Å². The smallest absolute Gasteiger partial charge is 0.208 e. The standard InChI is InChI=1S/C11H14N6O/c1-2-9(12)18-6-3-4-7-8(5-6)16-11(15-7)17-10(13)14/h2-5,9H,1,12H2,(H5,13,14,15,16,17). The van der Waals surface area contributed by atoms with Crippen molar-refractivity contribution in [3.8, 4) is 5.75 Å². The lowest BCUT2D eigenvalue weighted by atomic mass is 10.3. The van der Waals surface area contributed by atoms with E-state index in [2.05, 4.69) is 21.9 Å². The summed E-state index contributed by atoms with van der Waals surface area (Å²) < 4.78 is 5.38. The summed E-state index contributed by atoms with van der Waals surface area (Å²) in [6.07, 6.45) is 0.938. The number of benzene rings is 1. The predicted octanol–water partition coefficient (Wildman–Crippen LogP) is 0.718. The first kappa shape index (κ1) is 11.9. The van der Waals surface area contributed by atoms with Crippen molar-refractivity contribution in [2.24, 2.45) is 11.5 Å². The topological polar surface area (TPSA) is 126 Å². The van der Waals surface area contributed by atoms with Gasteiger partial charge in [0.2, 0.25) is 5.95 Å². The zero-order valence-corrected chi connectivity index (χ0v) is 9.60. The molecule has 7 nitrogen and oxygen atoms in total. The fraction of sp³-hybridized carbons (Fsp3) is 0.0909. The Hall–Kier alpha value is -2.54. The summed E-state index contributed by atoms with van der Waals surface area (Å²) in [5.74, 6) is 0.817. The molecule has 2 rings (SSSR count). The number of nitrogens with zero attached hydrogens (tertiary/aromatic N) is 1. The molecular weight excluding hydrogens is 232 g/mol. The number of nitrogens with one attached hydrogen (secondary N) is 3. The van der Waals surface area contributed by atoms with Crippen LogP contribution in [0.15, 0.2) is 30.9 Å². The van der Waals surface area contributed by atoms with Gasteiger partial charge in [0.25, 0.3) is 0 Å². The van der Waals surface area contributed by atoms with Crippen LogP contribution in [-0.4, -0.2) is 22.2 Å². The van der Waals surface area contributed by atoms with Crippen LogP contribution in [0.4, 0.5) is 5.95 Å². The second kappa shape index (κ2) is 4.76. The number of H-pyrrole nitrogens is 1. The van der Waals surface area contributed by atoms with Crippen LogP contribution in [0.25, 0.3) is 11.0 Å². The van der Waals surface area contributed by atoms with Crippen LogP contribution < -0.4 is 21.5 Å². The third-order valence-electron chi connectivity index (χ3n) is 2.21. The first-order valence-electron chi connectivity index (χ1n) is 5.24. The van der Waals surface area contributed by atoms with Crippen molar-refractivity contribution >= 4 is 22.9 Å². The number of hydrogen-bond acceptors (Lipinski definition) is 4. The number of nitrogens with two attached hydrogens (primary N) is 2. The van der Waals surface area contributed by atoms with Gasteiger partial charge in [-0.15, -0.1) is 0 Å². The van der Waals surface area contributed by atoms with Crippen LogP contribution in [0.1, 0.15) is 0 Å². The number of aromatic amines is 1. The largest absolute Gasteiger partial charge is 0.472 e. The number of guanidine groups is 1.